The molecular formula is C8H7ClO3S. The minimum absolute atomic E-state index is 0.261. The number of rotatable bonds is 3. The summed E-state index contributed by atoms with van der Waals surface area (Å²) in [6.45, 7) is 0. The smallest absolute Gasteiger partial charge is 0.333 e. The molecule has 0 aliphatic carbocycles. The molecule has 0 radical (unpaired) electrons. The summed E-state index contributed by atoms with van der Waals surface area (Å²) in [4.78, 5) is 0. The van der Waals surface area contributed by atoms with Crippen molar-refractivity contribution in [3.63, 3.8) is 0 Å². The van der Waals surface area contributed by atoms with E-state index in [9.17, 15) is 8.42 Å². The minimum Gasteiger partial charge on any atom is -0.379 e. The number of para-hydroxylation sites is 1. The van der Waals surface area contributed by atoms with Crippen LogP contribution in [0.25, 0.3) is 0 Å². The van der Waals surface area contributed by atoms with Crippen molar-refractivity contribution in [3.05, 3.63) is 41.3 Å². The summed E-state index contributed by atoms with van der Waals surface area (Å²) in [5.41, 5.74) is 0.887. The molecular weight excluding hydrogens is 212 g/mol. The van der Waals surface area contributed by atoms with E-state index in [-0.39, 0.29) is 5.75 Å². The molecule has 0 amide bonds. The highest BCUT2D eigenvalue weighted by Gasteiger charge is 2.06. The summed E-state index contributed by atoms with van der Waals surface area (Å²) in [7, 11) is -3.70. The van der Waals surface area contributed by atoms with Gasteiger partial charge >= 0.3 is 10.1 Å². The predicted octanol–water partition coefficient (Wildman–Crippen LogP) is 2.11. The molecule has 0 atom stereocenters. The summed E-state index contributed by atoms with van der Waals surface area (Å²) in [5, 5.41) is 0.779. The van der Waals surface area contributed by atoms with Crippen LogP contribution in [0.1, 0.15) is 0 Å². The number of benzene rings is 1. The van der Waals surface area contributed by atoms with Crippen LogP contribution in [0.2, 0.25) is 0 Å². The fourth-order valence-electron chi connectivity index (χ4n) is 0.701. The van der Waals surface area contributed by atoms with Gasteiger partial charge < -0.3 is 4.18 Å². The van der Waals surface area contributed by atoms with Gasteiger partial charge in [-0.15, -0.1) is 0 Å². The van der Waals surface area contributed by atoms with Crippen molar-refractivity contribution in [3.8, 4) is 5.75 Å². The van der Waals surface area contributed by atoms with E-state index < -0.39 is 10.1 Å². The van der Waals surface area contributed by atoms with Crippen LogP contribution < -0.4 is 4.18 Å². The second-order valence-corrected chi connectivity index (χ2v) is 3.83. The van der Waals surface area contributed by atoms with E-state index in [4.69, 9.17) is 11.6 Å². The fraction of sp³-hybridized carbons (Fsp3) is 0. The van der Waals surface area contributed by atoms with Gasteiger partial charge in [-0.05, 0) is 12.1 Å². The van der Waals surface area contributed by atoms with E-state index in [1.165, 1.54) is 0 Å². The van der Waals surface area contributed by atoms with Crippen LogP contribution in [0.3, 0.4) is 0 Å². The third-order valence-corrected chi connectivity index (χ3v) is 2.34. The Morgan fingerprint density at radius 3 is 2.38 bits per heavy atom. The minimum atomic E-state index is -3.70. The molecule has 0 spiro atoms. The van der Waals surface area contributed by atoms with Crippen molar-refractivity contribution in [1.29, 1.82) is 0 Å². The maximum Gasteiger partial charge on any atom is 0.333 e. The van der Waals surface area contributed by atoms with Crippen LogP contribution in [0.15, 0.2) is 41.3 Å². The van der Waals surface area contributed by atoms with E-state index in [0.717, 1.165) is 10.9 Å². The van der Waals surface area contributed by atoms with Crippen LogP contribution in [0, 0.1) is 0 Å². The molecule has 1 aromatic carbocycles. The third kappa shape index (κ3) is 3.48. The van der Waals surface area contributed by atoms with Crippen molar-refractivity contribution >= 4 is 21.7 Å². The van der Waals surface area contributed by atoms with Gasteiger partial charge in [-0.2, -0.15) is 8.42 Å². The molecule has 0 saturated heterocycles. The van der Waals surface area contributed by atoms with Crippen LogP contribution in [-0.4, -0.2) is 8.42 Å². The Morgan fingerprint density at radius 2 is 1.85 bits per heavy atom. The first kappa shape index (κ1) is 10.1. The highest BCUT2D eigenvalue weighted by molar-refractivity contribution is 7.90. The Hall–Kier alpha value is -1.00. The Balaban J connectivity index is 2.82. The lowest BCUT2D eigenvalue weighted by atomic mass is 10.3. The molecule has 0 N–H and O–H groups in total. The summed E-state index contributed by atoms with van der Waals surface area (Å²) < 4.78 is 26.7. The van der Waals surface area contributed by atoms with Gasteiger partial charge in [-0.1, -0.05) is 29.8 Å². The first-order valence-electron chi connectivity index (χ1n) is 3.40. The molecule has 0 heterocycles. The number of hydrogen-bond acceptors (Lipinski definition) is 3. The van der Waals surface area contributed by atoms with Gasteiger partial charge in [-0.25, -0.2) is 0 Å². The van der Waals surface area contributed by atoms with Crippen molar-refractivity contribution in [2.75, 3.05) is 0 Å². The van der Waals surface area contributed by atoms with Crippen LogP contribution >= 0.6 is 11.6 Å². The fourth-order valence-corrected chi connectivity index (χ4v) is 1.64. The Morgan fingerprint density at radius 1 is 1.23 bits per heavy atom. The largest absolute Gasteiger partial charge is 0.379 e. The van der Waals surface area contributed by atoms with Crippen molar-refractivity contribution in [1.82, 2.24) is 0 Å². The molecule has 0 bridgehead atoms. The standard InChI is InChI=1S/C8H7ClO3S/c9-6-7-13(10,11)12-8-4-2-1-3-5-8/h1-7H. The van der Waals surface area contributed by atoms with E-state index in [0.29, 0.717) is 0 Å². The molecule has 0 fully saturated rings. The molecule has 0 unspecified atom stereocenters. The quantitative estimate of drug-likeness (QED) is 0.730. The second-order valence-electron chi connectivity index (χ2n) is 2.15. The molecule has 0 saturated carbocycles. The molecule has 13 heavy (non-hydrogen) atoms. The highest BCUT2D eigenvalue weighted by atomic mass is 35.5. The molecule has 0 aromatic heterocycles. The Labute approximate surface area is 81.7 Å². The van der Waals surface area contributed by atoms with Crippen molar-refractivity contribution in [2.45, 2.75) is 0 Å². The normalized spacial score (nSPS) is 11.8. The Bertz CT molecular complexity index is 383. The average molecular weight is 219 g/mol. The van der Waals surface area contributed by atoms with Crippen LogP contribution in [0.4, 0.5) is 0 Å². The van der Waals surface area contributed by atoms with Gasteiger partial charge in [0, 0.05) is 5.54 Å². The van der Waals surface area contributed by atoms with Gasteiger partial charge in [0.2, 0.25) is 0 Å². The second kappa shape index (κ2) is 4.30. The van der Waals surface area contributed by atoms with Crippen molar-refractivity contribution in [2.24, 2.45) is 0 Å². The number of hydrogen-bond donors (Lipinski definition) is 0. The van der Waals surface area contributed by atoms with E-state index in [1.807, 2.05) is 0 Å². The monoisotopic (exact) mass is 218 g/mol. The summed E-state index contributed by atoms with van der Waals surface area (Å²) >= 11 is 5.11. The first-order chi connectivity index (χ1) is 6.14. The van der Waals surface area contributed by atoms with Gasteiger partial charge in [-0.3, -0.25) is 0 Å². The summed E-state index contributed by atoms with van der Waals surface area (Å²) in [5.74, 6) is 0.261. The molecule has 0 aliphatic rings. The van der Waals surface area contributed by atoms with Crippen LogP contribution in [0.5, 0.6) is 5.75 Å². The Kier molecular flexibility index (Phi) is 3.33. The molecule has 70 valence electrons. The lowest BCUT2D eigenvalue weighted by Crippen LogP contribution is -2.04. The maximum atomic E-state index is 11.0. The van der Waals surface area contributed by atoms with Crippen LogP contribution in [-0.2, 0) is 10.1 Å². The zero-order valence-corrected chi connectivity index (χ0v) is 8.12. The molecule has 1 rings (SSSR count). The summed E-state index contributed by atoms with van der Waals surface area (Å²) in [6.07, 6.45) is 0. The predicted molar refractivity (Wildman–Crippen MR) is 51.0 cm³/mol. The third-order valence-electron chi connectivity index (χ3n) is 1.17. The van der Waals surface area contributed by atoms with Gasteiger partial charge in [0.05, 0.1) is 5.41 Å². The zero-order valence-electron chi connectivity index (χ0n) is 6.55. The number of halogens is 1. The van der Waals surface area contributed by atoms with E-state index in [1.54, 1.807) is 30.3 Å². The highest BCUT2D eigenvalue weighted by Crippen LogP contribution is 2.12. The van der Waals surface area contributed by atoms with Gasteiger partial charge in [0.1, 0.15) is 5.75 Å². The average Bonchev–Trinajstić information content (AvgIpc) is 2.04. The summed E-state index contributed by atoms with van der Waals surface area (Å²) in [6, 6.07) is 8.20. The van der Waals surface area contributed by atoms with E-state index >= 15 is 0 Å². The SMILES string of the molecule is O=S(=O)(C=CCl)Oc1ccccc1. The first-order valence-corrected chi connectivity index (χ1v) is 5.31. The maximum absolute atomic E-state index is 11.0. The van der Waals surface area contributed by atoms with Gasteiger partial charge in [0.15, 0.2) is 0 Å². The molecule has 5 heteroatoms. The molecule has 0 aliphatic heterocycles. The molecule has 1 aromatic rings. The lowest BCUT2D eigenvalue weighted by molar-refractivity contribution is 0.497. The van der Waals surface area contributed by atoms with Crippen molar-refractivity contribution < 1.29 is 12.6 Å². The molecule has 3 nitrogen and oxygen atoms in total. The van der Waals surface area contributed by atoms with E-state index in [2.05, 4.69) is 4.18 Å². The van der Waals surface area contributed by atoms with Gasteiger partial charge in [0.25, 0.3) is 0 Å². The topological polar surface area (TPSA) is 43.4 Å². The lowest BCUT2D eigenvalue weighted by Gasteiger charge is -2.01. The zero-order chi connectivity index (χ0) is 9.73.